The van der Waals surface area contributed by atoms with E-state index >= 15 is 0 Å². The lowest BCUT2D eigenvalue weighted by molar-refractivity contribution is 0.0778. The molecule has 1 aromatic rings. The summed E-state index contributed by atoms with van der Waals surface area (Å²) in [5.41, 5.74) is 2.28. The number of nitrogens with zero attached hydrogens (tertiary/aromatic N) is 3. The highest BCUT2D eigenvalue weighted by molar-refractivity contribution is 7.07. The van der Waals surface area contributed by atoms with Crippen molar-refractivity contribution >= 4 is 17.2 Å². The Kier molecular flexibility index (Phi) is 3.02. The maximum Gasteiger partial charge on any atom is 0.273 e. The standard InChI is InChI=1S/C10H15N3OS/c1-12(2)8-3-4-13(5-8)10(14)9-6-15-7-11-9/h6-8H,3-5H2,1-2H3. The number of rotatable bonds is 2. The molecule has 82 valence electrons. The topological polar surface area (TPSA) is 36.4 Å². The van der Waals surface area contributed by atoms with Gasteiger partial charge in [-0.25, -0.2) is 4.98 Å². The zero-order chi connectivity index (χ0) is 10.8. The van der Waals surface area contributed by atoms with Crippen LogP contribution in [-0.4, -0.2) is 53.9 Å². The molecule has 1 amide bonds. The first-order valence-corrected chi connectivity index (χ1v) is 5.96. The predicted octanol–water partition coefficient (Wildman–Crippen LogP) is 0.919. The van der Waals surface area contributed by atoms with Gasteiger partial charge in [-0.3, -0.25) is 4.79 Å². The van der Waals surface area contributed by atoms with E-state index in [0.29, 0.717) is 11.7 Å². The van der Waals surface area contributed by atoms with Crippen molar-refractivity contribution in [3.8, 4) is 0 Å². The molecule has 2 rings (SSSR count). The summed E-state index contributed by atoms with van der Waals surface area (Å²) in [5.74, 6) is 0.0700. The molecule has 2 heterocycles. The molecule has 1 fully saturated rings. The number of thiazole rings is 1. The van der Waals surface area contributed by atoms with E-state index in [-0.39, 0.29) is 5.91 Å². The molecule has 15 heavy (non-hydrogen) atoms. The molecule has 0 spiro atoms. The van der Waals surface area contributed by atoms with Crippen LogP contribution in [0.1, 0.15) is 16.9 Å². The van der Waals surface area contributed by atoms with Gasteiger partial charge in [0, 0.05) is 24.5 Å². The molecule has 0 bridgehead atoms. The van der Waals surface area contributed by atoms with Gasteiger partial charge in [-0.2, -0.15) is 0 Å². The Labute approximate surface area is 93.5 Å². The van der Waals surface area contributed by atoms with E-state index in [9.17, 15) is 4.79 Å². The van der Waals surface area contributed by atoms with Crippen LogP contribution in [0.25, 0.3) is 0 Å². The second kappa shape index (κ2) is 4.28. The molecule has 1 unspecified atom stereocenters. The molecule has 0 aliphatic carbocycles. The van der Waals surface area contributed by atoms with Crippen LogP contribution in [-0.2, 0) is 0 Å². The maximum absolute atomic E-state index is 11.9. The third-order valence-corrected chi connectivity index (χ3v) is 3.42. The summed E-state index contributed by atoms with van der Waals surface area (Å²) in [6, 6.07) is 0.493. The van der Waals surface area contributed by atoms with Gasteiger partial charge in [0.2, 0.25) is 0 Å². The Bertz CT molecular complexity index is 336. The van der Waals surface area contributed by atoms with Crippen LogP contribution < -0.4 is 0 Å². The third-order valence-electron chi connectivity index (χ3n) is 2.83. The van der Waals surface area contributed by atoms with E-state index in [1.165, 1.54) is 11.3 Å². The predicted molar refractivity (Wildman–Crippen MR) is 60.1 cm³/mol. The van der Waals surface area contributed by atoms with Crippen molar-refractivity contribution in [1.82, 2.24) is 14.8 Å². The van der Waals surface area contributed by atoms with Crippen molar-refractivity contribution in [2.24, 2.45) is 0 Å². The Balaban J connectivity index is 1.99. The fourth-order valence-corrected chi connectivity index (χ4v) is 2.35. The maximum atomic E-state index is 11.9. The number of hydrogen-bond donors (Lipinski definition) is 0. The quantitative estimate of drug-likeness (QED) is 0.751. The molecule has 0 aromatic carbocycles. The second-order valence-electron chi connectivity index (χ2n) is 4.03. The number of likely N-dealkylation sites (N-methyl/N-ethyl adjacent to an activating group) is 1. The lowest BCUT2D eigenvalue weighted by atomic mass is 10.2. The molecule has 1 saturated heterocycles. The average Bonchev–Trinajstić information content (AvgIpc) is 2.88. The summed E-state index contributed by atoms with van der Waals surface area (Å²) in [7, 11) is 4.11. The summed E-state index contributed by atoms with van der Waals surface area (Å²) >= 11 is 1.46. The van der Waals surface area contributed by atoms with E-state index in [1.54, 1.807) is 5.51 Å². The molecule has 1 atom stereocenters. The minimum absolute atomic E-state index is 0.0700. The van der Waals surface area contributed by atoms with E-state index in [2.05, 4.69) is 24.0 Å². The van der Waals surface area contributed by atoms with Crippen LogP contribution in [0.15, 0.2) is 10.9 Å². The van der Waals surface area contributed by atoms with Gasteiger partial charge in [-0.15, -0.1) is 11.3 Å². The number of carbonyl (C=O) groups excluding carboxylic acids is 1. The van der Waals surface area contributed by atoms with E-state index < -0.39 is 0 Å². The molecule has 0 radical (unpaired) electrons. The molecule has 1 aliphatic heterocycles. The van der Waals surface area contributed by atoms with Crippen LogP contribution >= 0.6 is 11.3 Å². The Morgan fingerprint density at radius 1 is 1.67 bits per heavy atom. The highest BCUT2D eigenvalue weighted by Gasteiger charge is 2.28. The first-order chi connectivity index (χ1) is 7.18. The molecular weight excluding hydrogens is 210 g/mol. The fourth-order valence-electron chi connectivity index (χ4n) is 1.83. The molecule has 1 aromatic heterocycles. The zero-order valence-corrected chi connectivity index (χ0v) is 9.83. The van der Waals surface area contributed by atoms with Crippen LogP contribution in [0.3, 0.4) is 0 Å². The molecule has 0 N–H and O–H groups in total. The molecule has 5 heteroatoms. The SMILES string of the molecule is CN(C)C1CCN(C(=O)c2cscn2)C1. The average molecular weight is 225 g/mol. The van der Waals surface area contributed by atoms with E-state index in [0.717, 1.165) is 19.5 Å². The summed E-state index contributed by atoms with van der Waals surface area (Å²) in [6.45, 7) is 1.67. The smallest absolute Gasteiger partial charge is 0.273 e. The summed E-state index contributed by atoms with van der Waals surface area (Å²) < 4.78 is 0. The van der Waals surface area contributed by atoms with Crippen LogP contribution in [0.5, 0.6) is 0 Å². The second-order valence-corrected chi connectivity index (χ2v) is 4.75. The number of likely N-dealkylation sites (tertiary alicyclic amines) is 1. The van der Waals surface area contributed by atoms with Gasteiger partial charge in [-0.1, -0.05) is 0 Å². The third kappa shape index (κ3) is 2.18. The first kappa shape index (κ1) is 10.6. The normalized spacial score (nSPS) is 21.3. The largest absolute Gasteiger partial charge is 0.336 e. The Hall–Kier alpha value is -0.940. The van der Waals surface area contributed by atoms with Gasteiger partial charge >= 0.3 is 0 Å². The van der Waals surface area contributed by atoms with E-state index in [1.807, 2.05) is 10.3 Å². The number of carbonyl (C=O) groups is 1. The minimum atomic E-state index is 0.0700. The minimum Gasteiger partial charge on any atom is -0.336 e. The van der Waals surface area contributed by atoms with Crippen molar-refractivity contribution in [1.29, 1.82) is 0 Å². The molecule has 4 nitrogen and oxygen atoms in total. The number of amides is 1. The Morgan fingerprint density at radius 2 is 2.47 bits per heavy atom. The van der Waals surface area contributed by atoms with Gasteiger partial charge < -0.3 is 9.80 Å². The van der Waals surface area contributed by atoms with Crippen LogP contribution in [0, 0.1) is 0 Å². The summed E-state index contributed by atoms with van der Waals surface area (Å²) in [5, 5.41) is 1.81. The summed E-state index contributed by atoms with van der Waals surface area (Å²) in [4.78, 5) is 20.0. The van der Waals surface area contributed by atoms with Gasteiger partial charge in [0.15, 0.2) is 0 Å². The monoisotopic (exact) mass is 225 g/mol. The molecule has 1 aliphatic rings. The fraction of sp³-hybridized carbons (Fsp3) is 0.600. The van der Waals surface area contributed by atoms with Crippen molar-refractivity contribution in [2.75, 3.05) is 27.2 Å². The highest BCUT2D eigenvalue weighted by atomic mass is 32.1. The zero-order valence-electron chi connectivity index (χ0n) is 9.01. The van der Waals surface area contributed by atoms with E-state index in [4.69, 9.17) is 0 Å². The van der Waals surface area contributed by atoms with Crippen LogP contribution in [0.4, 0.5) is 0 Å². The van der Waals surface area contributed by atoms with Crippen molar-refractivity contribution in [2.45, 2.75) is 12.5 Å². The lowest BCUT2D eigenvalue weighted by Crippen LogP contribution is -2.34. The Morgan fingerprint density at radius 3 is 3.00 bits per heavy atom. The summed E-state index contributed by atoms with van der Waals surface area (Å²) in [6.07, 6.45) is 1.06. The van der Waals surface area contributed by atoms with Crippen molar-refractivity contribution < 1.29 is 4.79 Å². The van der Waals surface area contributed by atoms with Gasteiger partial charge in [0.1, 0.15) is 5.69 Å². The van der Waals surface area contributed by atoms with Crippen molar-refractivity contribution in [3.05, 3.63) is 16.6 Å². The van der Waals surface area contributed by atoms with Gasteiger partial charge in [0.25, 0.3) is 5.91 Å². The van der Waals surface area contributed by atoms with Crippen molar-refractivity contribution in [3.63, 3.8) is 0 Å². The van der Waals surface area contributed by atoms with Crippen LogP contribution in [0.2, 0.25) is 0 Å². The lowest BCUT2D eigenvalue weighted by Gasteiger charge is -2.19. The van der Waals surface area contributed by atoms with Gasteiger partial charge in [0.05, 0.1) is 5.51 Å². The van der Waals surface area contributed by atoms with Gasteiger partial charge in [-0.05, 0) is 20.5 Å². The highest BCUT2D eigenvalue weighted by Crippen LogP contribution is 2.16. The number of hydrogen-bond acceptors (Lipinski definition) is 4. The molecular formula is C10H15N3OS. The first-order valence-electron chi connectivity index (χ1n) is 5.02. The molecule has 0 saturated carbocycles. The number of aromatic nitrogens is 1.